The molecule has 23 heteroatoms. The molecule has 49 heavy (non-hydrogen) atoms. The number of carbonyl (C=O) groups excluding carboxylic acids is 1. The van der Waals surface area contributed by atoms with Gasteiger partial charge in [0.05, 0.1) is 11.3 Å². The molecule has 0 saturated carbocycles. The second kappa shape index (κ2) is 14.8. The van der Waals surface area contributed by atoms with Gasteiger partial charge in [-0.25, -0.2) is 17.5 Å². The Hall–Kier alpha value is -4.15. The Morgan fingerprint density at radius 2 is 1.69 bits per heavy atom. The van der Waals surface area contributed by atoms with E-state index in [4.69, 9.17) is 9.57 Å². The summed E-state index contributed by atoms with van der Waals surface area (Å²) in [5, 5.41) is 10.7. The molecular formula is C26H27F9N6O6S2. The van der Waals surface area contributed by atoms with Crippen molar-refractivity contribution in [3.63, 3.8) is 0 Å². The van der Waals surface area contributed by atoms with Crippen LogP contribution in [0.2, 0.25) is 0 Å². The van der Waals surface area contributed by atoms with Gasteiger partial charge in [0.1, 0.15) is 11.4 Å². The van der Waals surface area contributed by atoms with Gasteiger partial charge in [-0.15, -0.1) is 5.10 Å². The van der Waals surface area contributed by atoms with Crippen LogP contribution in [0.4, 0.5) is 45.2 Å². The van der Waals surface area contributed by atoms with E-state index in [1.165, 1.54) is 43.0 Å². The molecule has 0 saturated heterocycles. The lowest BCUT2D eigenvalue weighted by Gasteiger charge is -2.26. The first-order chi connectivity index (χ1) is 22.4. The molecule has 3 heterocycles. The number of benzene rings is 1. The highest BCUT2D eigenvalue weighted by atomic mass is 32.2. The number of rotatable bonds is 9. The Labute approximate surface area is 276 Å². The first-order valence-corrected chi connectivity index (χ1v) is 16.0. The van der Waals surface area contributed by atoms with Crippen LogP contribution >= 0.6 is 11.3 Å². The standard InChI is InChI=1S/C14H13F4N3O2S.C12H14F5N3O4S/c1-8(2)21(10-5-3-9(15)4-6-10)11(22)7-23-13-20-19-12(24-13)14(16,17)18;1-11(2)4-7(19-24-11)25(21,22)5-6-8(12(15,16)17)18-20(3)9(6)23-10(13)14/h3-6,8H,7H2,1-2H3;10H,4-5H2,1-3H3. The molecule has 0 bridgehead atoms. The summed E-state index contributed by atoms with van der Waals surface area (Å²) >= 11 is 0.210. The molecule has 4 rings (SSSR count). The third-order valence-corrected chi connectivity index (χ3v) is 8.57. The molecule has 2 aromatic heterocycles. The van der Waals surface area contributed by atoms with Crippen LogP contribution in [0, 0.1) is 5.82 Å². The maximum absolute atomic E-state index is 13.1. The van der Waals surface area contributed by atoms with Gasteiger partial charge in [0.25, 0.3) is 11.1 Å². The number of amides is 1. The second-order valence-electron chi connectivity index (χ2n) is 10.9. The van der Waals surface area contributed by atoms with Crippen LogP contribution in [-0.4, -0.2) is 64.2 Å². The summed E-state index contributed by atoms with van der Waals surface area (Å²) in [6, 6.07) is 5.02. The summed E-state index contributed by atoms with van der Waals surface area (Å²) in [6.07, 6.45) is -9.83. The van der Waals surface area contributed by atoms with Gasteiger partial charge in [0.15, 0.2) is 27.2 Å². The lowest BCUT2D eigenvalue weighted by molar-refractivity contribution is -0.142. The number of hydrogen-bond donors (Lipinski definition) is 0. The van der Waals surface area contributed by atoms with Crippen molar-refractivity contribution in [3.05, 3.63) is 46.3 Å². The minimum Gasteiger partial charge on any atom is -0.459 e. The first-order valence-electron chi connectivity index (χ1n) is 13.6. The van der Waals surface area contributed by atoms with Crippen LogP contribution in [0.3, 0.4) is 0 Å². The topological polar surface area (TPSA) is 138 Å². The van der Waals surface area contributed by atoms with Gasteiger partial charge in [-0.2, -0.15) is 40.2 Å². The quantitative estimate of drug-likeness (QED) is 0.242. The number of carbonyl (C=O) groups is 1. The molecule has 1 amide bonds. The van der Waals surface area contributed by atoms with E-state index in [0.29, 0.717) is 10.4 Å². The van der Waals surface area contributed by atoms with Crippen molar-refractivity contribution in [1.82, 2.24) is 20.0 Å². The monoisotopic (exact) mass is 754 g/mol. The van der Waals surface area contributed by atoms with Gasteiger partial charge in [-0.3, -0.25) is 4.79 Å². The number of ether oxygens (including phenoxy) is 2. The number of aryl methyl sites for hydroxylation is 1. The fourth-order valence-corrected chi connectivity index (χ4v) is 6.18. The molecule has 12 nitrogen and oxygen atoms in total. The lowest BCUT2D eigenvalue weighted by Crippen LogP contribution is -2.40. The Morgan fingerprint density at radius 1 is 1.08 bits per heavy atom. The minimum absolute atomic E-state index is 0.165. The predicted octanol–water partition coefficient (Wildman–Crippen LogP) is 5.98. The number of oxime groups is 1. The van der Waals surface area contributed by atoms with Crippen LogP contribution in [0.5, 0.6) is 11.1 Å². The van der Waals surface area contributed by atoms with E-state index in [0.717, 1.165) is 7.05 Å². The average Bonchev–Trinajstić information content (AvgIpc) is 3.67. The van der Waals surface area contributed by atoms with E-state index in [2.05, 4.69) is 25.2 Å². The molecule has 0 aliphatic carbocycles. The fraction of sp³-hybridized carbons (Fsp3) is 0.500. The van der Waals surface area contributed by atoms with Crippen molar-refractivity contribution < 1.29 is 67.0 Å². The number of nitrogens with zero attached hydrogens (tertiary/aromatic N) is 6. The van der Waals surface area contributed by atoms with Gasteiger partial charge in [0.2, 0.25) is 10.9 Å². The smallest absolute Gasteiger partial charge is 0.445 e. The number of sulfone groups is 1. The van der Waals surface area contributed by atoms with Crippen molar-refractivity contribution in [2.45, 2.75) is 70.5 Å². The van der Waals surface area contributed by atoms with E-state index in [9.17, 15) is 52.7 Å². The SMILES string of the molecule is CC(C)N(C(=O)COc1nnc(C(F)(F)F)s1)c1ccc(F)cc1.Cn1nc(C(F)(F)F)c(CS(=O)(=O)C2=NOC(C)(C)C2)c1OC(F)F. The highest BCUT2D eigenvalue weighted by Crippen LogP contribution is 2.38. The van der Waals surface area contributed by atoms with Gasteiger partial charge in [-0.1, -0.05) is 21.6 Å². The Morgan fingerprint density at radius 3 is 2.16 bits per heavy atom. The number of aromatic nitrogens is 4. The molecule has 0 atom stereocenters. The first kappa shape index (κ1) is 39.3. The van der Waals surface area contributed by atoms with Crippen LogP contribution in [0.1, 0.15) is 50.4 Å². The number of hydrogen-bond acceptors (Lipinski definition) is 11. The average molecular weight is 755 g/mol. The minimum atomic E-state index is -5.06. The molecule has 1 aliphatic heterocycles. The second-order valence-corrected chi connectivity index (χ2v) is 13.8. The molecule has 0 fully saturated rings. The summed E-state index contributed by atoms with van der Waals surface area (Å²) in [6.45, 7) is 2.60. The molecule has 0 unspecified atom stereocenters. The summed E-state index contributed by atoms with van der Waals surface area (Å²) in [5.41, 5.74) is -3.11. The maximum Gasteiger partial charge on any atom is 0.445 e. The van der Waals surface area contributed by atoms with E-state index >= 15 is 0 Å². The van der Waals surface area contributed by atoms with Gasteiger partial charge in [0, 0.05) is 25.2 Å². The lowest BCUT2D eigenvalue weighted by atomic mass is 10.1. The number of alkyl halides is 8. The number of halogens is 9. The zero-order chi connectivity index (χ0) is 37.1. The van der Waals surface area contributed by atoms with Crippen molar-refractivity contribution in [3.8, 4) is 11.1 Å². The zero-order valence-electron chi connectivity index (χ0n) is 25.9. The highest BCUT2D eigenvalue weighted by Gasteiger charge is 2.43. The highest BCUT2D eigenvalue weighted by molar-refractivity contribution is 8.05. The van der Waals surface area contributed by atoms with Crippen LogP contribution in [0.15, 0.2) is 29.4 Å². The van der Waals surface area contributed by atoms with E-state index in [-0.39, 0.29) is 29.0 Å². The third-order valence-electron chi connectivity index (χ3n) is 6.08. The largest absolute Gasteiger partial charge is 0.459 e. The predicted molar refractivity (Wildman–Crippen MR) is 154 cm³/mol. The molecule has 3 aromatic rings. The van der Waals surface area contributed by atoms with Crippen LogP contribution < -0.4 is 14.4 Å². The fourth-order valence-electron chi connectivity index (χ4n) is 4.09. The van der Waals surface area contributed by atoms with Crippen molar-refractivity contribution in [2.24, 2.45) is 12.2 Å². The van der Waals surface area contributed by atoms with Crippen molar-refractivity contribution in [2.75, 3.05) is 11.5 Å². The summed E-state index contributed by atoms with van der Waals surface area (Å²) in [4.78, 5) is 18.5. The molecule has 0 radical (unpaired) electrons. The van der Waals surface area contributed by atoms with Gasteiger partial charge in [-0.05, 0) is 52.0 Å². The van der Waals surface area contributed by atoms with Crippen molar-refractivity contribution in [1.29, 1.82) is 0 Å². The Balaban J connectivity index is 0.000000266. The van der Waals surface area contributed by atoms with Crippen molar-refractivity contribution >= 4 is 37.8 Å². The summed E-state index contributed by atoms with van der Waals surface area (Å²) in [5.74, 6) is -3.18. The third kappa shape index (κ3) is 10.4. The van der Waals surface area contributed by atoms with E-state index in [1.807, 2.05) is 0 Å². The normalized spacial score (nSPS) is 14.7. The summed E-state index contributed by atoms with van der Waals surface area (Å²) < 4.78 is 149. The van der Waals surface area contributed by atoms with Gasteiger partial charge < -0.3 is 19.2 Å². The van der Waals surface area contributed by atoms with Crippen LogP contribution in [-0.2, 0) is 44.6 Å². The molecule has 1 aliphatic rings. The summed E-state index contributed by atoms with van der Waals surface area (Å²) in [7, 11) is -3.43. The number of anilines is 1. The molecular weight excluding hydrogens is 727 g/mol. The Bertz CT molecular complexity index is 1760. The van der Waals surface area contributed by atoms with E-state index < -0.39 is 85.7 Å². The molecule has 0 N–H and O–H groups in total. The maximum atomic E-state index is 13.1. The van der Waals surface area contributed by atoms with E-state index in [1.54, 1.807) is 13.8 Å². The molecule has 272 valence electrons. The molecule has 1 aromatic carbocycles. The van der Waals surface area contributed by atoms with Crippen LogP contribution in [0.25, 0.3) is 0 Å². The Kier molecular flexibility index (Phi) is 11.8. The molecule has 0 spiro atoms. The zero-order valence-corrected chi connectivity index (χ0v) is 27.6. The van der Waals surface area contributed by atoms with Gasteiger partial charge >= 0.3 is 19.0 Å².